The number of esters is 1. The van der Waals surface area contributed by atoms with Crippen molar-refractivity contribution in [1.29, 1.82) is 0 Å². The number of allylic oxidation sites excluding steroid dienone is 1. The van der Waals surface area contributed by atoms with Crippen LogP contribution in [0.15, 0.2) is 65.0 Å². The van der Waals surface area contributed by atoms with Crippen molar-refractivity contribution in [2.24, 2.45) is 0 Å². The first-order valence-electron chi connectivity index (χ1n) is 9.13. The van der Waals surface area contributed by atoms with Crippen molar-refractivity contribution in [3.63, 3.8) is 0 Å². The molecule has 0 saturated heterocycles. The fraction of sp³-hybridized carbons (Fsp3) is 0.130. The summed E-state index contributed by atoms with van der Waals surface area (Å²) in [6.45, 7) is 0. The molecular formula is C23H16O6. The van der Waals surface area contributed by atoms with E-state index in [1.54, 1.807) is 43.7 Å². The summed E-state index contributed by atoms with van der Waals surface area (Å²) in [4.78, 5) is 25.0. The SMILES string of the molecule is COc1ccc(/C=C2\Oc3c(ccc4c3C(c3ccco3)CC(=O)O4)C2=O)cc1. The van der Waals surface area contributed by atoms with Crippen molar-refractivity contribution in [2.75, 3.05) is 7.11 Å². The molecule has 0 amide bonds. The Balaban J connectivity index is 1.57. The van der Waals surface area contributed by atoms with Crippen LogP contribution < -0.4 is 14.2 Å². The summed E-state index contributed by atoms with van der Waals surface area (Å²) in [6, 6.07) is 14.1. The molecule has 0 saturated carbocycles. The monoisotopic (exact) mass is 388 g/mol. The van der Waals surface area contributed by atoms with Crippen molar-refractivity contribution >= 4 is 17.8 Å². The molecule has 2 aliphatic heterocycles. The van der Waals surface area contributed by atoms with Gasteiger partial charge < -0.3 is 18.6 Å². The standard InChI is InChI=1S/C23H16O6/c1-26-14-6-4-13(5-7-14)11-19-22(25)15-8-9-18-21(23(15)29-19)16(12-20(24)28-18)17-3-2-10-27-17/h2-11,16H,12H2,1H3/b19-11-. The van der Waals surface area contributed by atoms with Gasteiger partial charge in [-0.3, -0.25) is 9.59 Å². The van der Waals surface area contributed by atoms with Gasteiger partial charge in [0.25, 0.3) is 0 Å². The summed E-state index contributed by atoms with van der Waals surface area (Å²) < 4.78 is 22.1. The number of methoxy groups -OCH3 is 1. The first-order chi connectivity index (χ1) is 14.1. The molecule has 6 nitrogen and oxygen atoms in total. The maximum Gasteiger partial charge on any atom is 0.312 e. The van der Waals surface area contributed by atoms with Gasteiger partial charge in [-0.25, -0.2) is 0 Å². The van der Waals surface area contributed by atoms with Crippen LogP contribution in [-0.2, 0) is 4.79 Å². The number of rotatable bonds is 3. The second-order valence-corrected chi connectivity index (χ2v) is 6.81. The highest BCUT2D eigenvalue weighted by Gasteiger charge is 2.39. The Morgan fingerprint density at radius 2 is 1.86 bits per heavy atom. The molecule has 0 fully saturated rings. The van der Waals surface area contributed by atoms with Crippen LogP contribution in [-0.4, -0.2) is 18.9 Å². The summed E-state index contributed by atoms with van der Waals surface area (Å²) in [5.41, 5.74) is 1.91. The van der Waals surface area contributed by atoms with Crippen molar-refractivity contribution in [1.82, 2.24) is 0 Å². The van der Waals surface area contributed by atoms with Gasteiger partial charge in [0.15, 0.2) is 5.76 Å². The fourth-order valence-electron chi connectivity index (χ4n) is 3.69. The van der Waals surface area contributed by atoms with Crippen LogP contribution in [0.3, 0.4) is 0 Å². The van der Waals surface area contributed by atoms with E-state index in [9.17, 15) is 9.59 Å². The van der Waals surface area contributed by atoms with Crippen LogP contribution in [0.4, 0.5) is 0 Å². The highest BCUT2D eigenvalue weighted by molar-refractivity contribution is 6.15. The molecule has 3 heterocycles. The third-order valence-corrected chi connectivity index (χ3v) is 5.08. The summed E-state index contributed by atoms with van der Waals surface area (Å²) >= 11 is 0. The lowest BCUT2D eigenvalue weighted by molar-refractivity contribution is -0.135. The van der Waals surface area contributed by atoms with E-state index in [2.05, 4.69) is 0 Å². The Morgan fingerprint density at radius 3 is 2.59 bits per heavy atom. The van der Waals surface area contributed by atoms with Gasteiger partial charge in [0.05, 0.1) is 31.3 Å². The summed E-state index contributed by atoms with van der Waals surface area (Å²) in [6.07, 6.45) is 3.36. The molecule has 0 aliphatic carbocycles. The normalized spacial score (nSPS) is 18.8. The molecule has 29 heavy (non-hydrogen) atoms. The van der Waals surface area contributed by atoms with Gasteiger partial charge in [-0.15, -0.1) is 0 Å². The third-order valence-electron chi connectivity index (χ3n) is 5.08. The molecular weight excluding hydrogens is 372 g/mol. The third kappa shape index (κ3) is 2.89. The molecule has 0 bridgehead atoms. The highest BCUT2D eigenvalue weighted by Crippen LogP contribution is 2.49. The molecule has 2 aromatic carbocycles. The van der Waals surface area contributed by atoms with Crippen LogP contribution in [0.25, 0.3) is 6.08 Å². The van der Waals surface area contributed by atoms with Crippen LogP contribution in [0, 0.1) is 0 Å². The van der Waals surface area contributed by atoms with Gasteiger partial charge in [0.1, 0.15) is 23.0 Å². The molecule has 1 unspecified atom stereocenters. The Kier molecular flexibility index (Phi) is 3.98. The fourth-order valence-corrected chi connectivity index (χ4v) is 3.69. The van der Waals surface area contributed by atoms with Crippen molar-refractivity contribution < 1.29 is 28.2 Å². The lowest BCUT2D eigenvalue weighted by Crippen LogP contribution is -2.21. The number of Topliss-reactive ketones (excluding diaryl/α,β-unsaturated/α-hetero) is 1. The van der Waals surface area contributed by atoms with Gasteiger partial charge in [0, 0.05) is 5.56 Å². The van der Waals surface area contributed by atoms with Crippen molar-refractivity contribution in [2.45, 2.75) is 12.3 Å². The largest absolute Gasteiger partial charge is 0.497 e. The van der Waals surface area contributed by atoms with E-state index in [1.807, 2.05) is 24.3 Å². The first-order valence-corrected chi connectivity index (χ1v) is 9.13. The number of fused-ring (bicyclic) bond motifs is 3. The number of carbonyl (C=O) groups is 2. The maximum atomic E-state index is 12.9. The number of benzene rings is 2. The van der Waals surface area contributed by atoms with Gasteiger partial charge in [0.2, 0.25) is 5.78 Å². The van der Waals surface area contributed by atoms with E-state index in [1.165, 1.54) is 0 Å². The molecule has 1 atom stereocenters. The van der Waals surface area contributed by atoms with E-state index in [4.69, 9.17) is 18.6 Å². The summed E-state index contributed by atoms with van der Waals surface area (Å²) in [7, 11) is 1.60. The van der Waals surface area contributed by atoms with Crippen LogP contribution in [0.1, 0.15) is 39.6 Å². The minimum absolute atomic E-state index is 0.117. The number of ketones is 1. The Bertz CT molecular complexity index is 1140. The summed E-state index contributed by atoms with van der Waals surface area (Å²) in [5.74, 6) is 1.44. The minimum Gasteiger partial charge on any atom is -0.497 e. The van der Waals surface area contributed by atoms with E-state index in [0.717, 1.165) is 11.3 Å². The quantitative estimate of drug-likeness (QED) is 0.377. The molecule has 3 aromatic rings. The maximum absolute atomic E-state index is 12.9. The summed E-state index contributed by atoms with van der Waals surface area (Å²) in [5, 5.41) is 0. The topological polar surface area (TPSA) is 75.0 Å². The van der Waals surface area contributed by atoms with Crippen LogP contribution in [0.2, 0.25) is 0 Å². The van der Waals surface area contributed by atoms with Gasteiger partial charge in [-0.1, -0.05) is 12.1 Å². The second kappa shape index (κ2) is 6.67. The second-order valence-electron chi connectivity index (χ2n) is 6.81. The predicted molar refractivity (Wildman–Crippen MR) is 103 cm³/mol. The molecule has 0 N–H and O–H groups in total. The van der Waals surface area contributed by atoms with Gasteiger partial charge in [-0.2, -0.15) is 0 Å². The molecule has 0 radical (unpaired) electrons. The zero-order valence-electron chi connectivity index (χ0n) is 15.5. The smallest absolute Gasteiger partial charge is 0.312 e. The Hall–Kier alpha value is -3.80. The van der Waals surface area contributed by atoms with E-state index >= 15 is 0 Å². The first kappa shape index (κ1) is 17.3. The van der Waals surface area contributed by atoms with E-state index in [-0.39, 0.29) is 29.9 Å². The number of hydrogen-bond acceptors (Lipinski definition) is 6. The average Bonchev–Trinajstić information content (AvgIpc) is 3.37. The lowest BCUT2D eigenvalue weighted by Gasteiger charge is -2.24. The Morgan fingerprint density at radius 1 is 1.03 bits per heavy atom. The van der Waals surface area contributed by atoms with Crippen LogP contribution in [0.5, 0.6) is 17.2 Å². The van der Waals surface area contributed by atoms with Crippen molar-refractivity contribution in [3.8, 4) is 17.2 Å². The number of carbonyl (C=O) groups excluding carboxylic acids is 2. The zero-order chi connectivity index (χ0) is 20.0. The number of hydrogen-bond donors (Lipinski definition) is 0. The predicted octanol–water partition coefficient (Wildman–Crippen LogP) is 4.35. The molecule has 6 heteroatoms. The Labute approximate surface area is 166 Å². The molecule has 5 rings (SSSR count). The average molecular weight is 388 g/mol. The minimum atomic E-state index is -0.371. The van der Waals surface area contributed by atoms with Gasteiger partial charge in [-0.05, 0) is 48.0 Å². The van der Waals surface area contributed by atoms with Crippen LogP contribution >= 0.6 is 0 Å². The zero-order valence-corrected chi connectivity index (χ0v) is 15.5. The highest BCUT2D eigenvalue weighted by atomic mass is 16.5. The molecule has 0 spiro atoms. The molecule has 2 aliphatic rings. The van der Waals surface area contributed by atoms with Gasteiger partial charge >= 0.3 is 5.97 Å². The number of furan rings is 1. The van der Waals surface area contributed by atoms with Crippen molar-refractivity contribution in [3.05, 3.63) is 83.0 Å². The molecule has 144 valence electrons. The molecule has 1 aromatic heterocycles. The lowest BCUT2D eigenvalue weighted by atomic mass is 9.88. The van der Waals surface area contributed by atoms with E-state index in [0.29, 0.717) is 28.4 Å². The number of ether oxygens (including phenoxy) is 3. The van der Waals surface area contributed by atoms with E-state index < -0.39 is 0 Å².